The molecule has 2 N–H and O–H groups in total. The summed E-state index contributed by atoms with van der Waals surface area (Å²) < 4.78 is 0. The van der Waals surface area contributed by atoms with Gasteiger partial charge in [-0.3, -0.25) is 5.26 Å². The lowest BCUT2D eigenvalue weighted by Gasteiger charge is -1.91. The summed E-state index contributed by atoms with van der Waals surface area (Å²) in [6.45, 7) is 10.8. The van der Waals surface area contributed by atoms with Gasteiger partial charge in [0.05, 0.1) is 6.10 Å². The summed E-state index contributed by atoms with van der Waals surface area (Å²) in [4.78, 5) is 27.2. The van der Waals surface area contributed by atoms with Crippen LogP contribution in [0.2, 0.25) is 0 Å². The Morgan fingerprint density at radius 3 is 1.41 bits per heavy atom. The quantitative estimate of drug-likeness (QED) is 0.558. The van der Waals surface area contributed by atoms with Gasteiger partial charge in [0.15, 0.2) is 0 Å². The van der Waals surface area contributed by atoms with E-state index in [4.69, 9.17) is 20.3 Å². The highest BCUT2D eigenvalue weighted by molar-refractivity contribution is 5.72. The number of rotatable bonds is 1. The molecular formula is C16H32O6. The molecule has 0 aliphatic carbocycles. The maximum absolute atomic E-state index is 9.44. The van der Waals surface area contributed by atoms with Crippen molar-refractivity contribution >= 4 is 5.78 Å². The first-order chi connectivity index (χ1) is 9.81. The molecule has 0 unspecified atom stereocenters. The molecule has 0 aliphatic heterocycles. The molecule has 6 heteroatoms. The van der Waals surface area contributed by atoms with Crippen LogP contribution >= 0.6 is 0 Å². The molecule has 6 nitrogen and oxygen atoms in total. The molecule has 1 aromatic carbocycles. The van der Waals surface area contributed by atoms with Gasteiger partial charge in [0.1, 0.15) is 11.5 Å². The van der Waals surface area contributed by atoms with Crippen molar-refractivity contribution in [3.63, 3.8) is 0 Å². The molecule has 0 fully saturated rings. The van der Waals surface area contributed by atoms with Crippen LogP contribution in [-0.4, -0.2) is 22.3 Å². The number of phenolic OH excluding ortho intramolecular Hbond substituents is 1. The monoisotopic (exact) mass is 320 g/mol. The third-order valence-corrected chi connectivity index (χ3v) is 0.967. The third kappa shape index (κ3) is 80.0. The second-order valence-corrected chi connectivity index (χ2v) is 4.11. The Labute approximate surface area is 134 Å². The predicted octanol–water partition coefficient (Wildman–Crippen LogP) is 4.99. The molecule has 0 amide bonds. The van der Waals surface area contributed by atoms with E-state index in [1.807, 2.05) is 6.07 Å². The second-order valence-electron chi connectivity index (χ2n) is 4.11. The summed E-state index contributed by atoms with van der Waals surface area (Å²) in [5.41, 5.74) is 0. The highest BCUT2D eigenvalue weighted by Crippen LogP contribution is 2.02. The molecule has 1 aromatic rings. The molecule has 22 heavy (non-hydrogen) atoms. The van der Waals surface area contributed by atoms with Crippen LogP contribution in [0.5, 0.6) is 5.75 Å². The van der Waals surface area contributed by atoms with Gasteiger partial charge in [0.25, 0.3) is 0 Å². The third-order valence-electron chi connectivity index (χ3n) is 0.967. The molecule has 0 aliphatic rings. The largest absolute Gasteiger partial charge is 0.508 e. The Kier molecular flexibility index (Phi) is 46.2. The van der Waals surface area contributed by atoms with Crippen molar-refractivity contribution in [2.45, 2.75) is 61.5 Å². The van der Waals surface area contributed by atoms with Gasteiger partial charge in [-0.15, -0.1) is 0 Å². The lowest BCUT2D eigenvalue weighted by molar-refractivity contribution is -0.269. The number of aromatic hydroxyl groups is 1. The van der Waals surface area contributed by atoms with Crippen molar-refractivity contribution in [2.24, 2.45) is 0 Å². The number of hydrogen-bond donors (Lipinski definition) is 2. The Hall–Kier alpha value is -1.79. The van der Waals surface area contributed by atoms with Gasteiger partial charge in [-0.05, 0) is 39.8 Å². The van der Waals surface area contributed by atoms with Crippen molar-refractivity contribution in [1.82, 2.24) is 0 Å². The molecule has 0 spiro atoms. The van der Waals surface area contributed by atoms with Gasteiger partial charge in [0.2, 0.25) is 0 Å². The van der Waals surface area contributed by atoms with E-state index in [0.29, 0.717) is 5.75 Å². The fourth-order valence-electron chi connectivity index (χ4n) is 0.428. The van der Waals surface area contributed by atoms with Gasteiger partial charge in [-0.1, -0.05) is 45.9 Å². The van der Waals surface area contributed by atoms with E-state index >= 15 is 0 Å². The summed E-state index contributed by atoms with van der Waals surface area (Å²) >= 11 is 0. The number of carbonyl (C=O) groups excluding carboxylic acids is 1. The minimum absolute atomic E-state index is 0. The Bertz CT molecular complexity index is 284. The zero-order chi connectivity index (χ0) is 17.7. The fourth-order valence-corrected chi connectivity index (χ4v) is 0.428. The Balaban J connectivity index is -0.0000000580. The minimum atomic E-state index is -0.0602. The normalized spacial score (nSPS) is 7.09. The molecule has 0 bridgehead atoms. The van der Waals surface area contributed by atoms with E-state index in [1.165, 1.54) is 20.3 Å². The van der Waals surface area contributed by atoms with Crippen LogP contribution in [0.4, 0.5) is 0 Å². The summed E-state index contributed by atoms with van der Waals surface area (Å²) in [6, 6.07) is 8.71. The van der Waals surface area contributed by atoms with Crippen molar-refractivity contribution < 1.29 is 20.0 Å². The maximum atomic E-state index is 9.44. The van der Waals surface area contributed by atoms with Crippen molar-refractivity contribution in [3.05, 3.63) is 40.3 Å². The van der Waals surface area contributed by atoms with Crippen molar-refractivity contribution in [3.8, 4) is 5.75 Å². The predicted molar refractivity (Wildman–Crippen MR) is 92.7 cm³/mol. The van der Waals surface area contributed by atoms with Crippen LogP contribution in [0.15, 0.2) is 30.3 Å². The molecule has 0 heterocycles. The Morgan fingerprint density at radius 1 is 1.09 bits per heavy atom. The lowest BCUT2D eigenvalue weighted by Crippen LogP contribution is -1.95. The summed E-state index contributed by atoms with van der Waals surface area (Å²) in [5, 5.41) is 16.3. The van der Waals surface area contributed by atoms with E-state index in [2.05, 4.69) is 18.7 Å². The van der Waals surface area contributed by atoms with E-state index in [0.717, 1.165) is 0 Å². The summed E-state index contributed by atoms with van der Waals surface area (Å²) in [7, 11) is 0. The smallest absolute Gasteiger partial charge is 0.126 e. The second kappa shape index (κ2) is 31.5. The van der Waals surface area contributed by atoms with E-state index < -0.39 is 0 Å². The van der Waals surface area contributed by atoms with Gasteiger partial charge in [0, 0.05) is 9.93 Å². The standard InChI is InChI=1S/C6H6O.C3H8O2.C3H6O.C3H8.CH4.O2/c7-6-4-2-1-3-5-6;1-3(2)5-4;1-3(2)4;1-3-2;;1-2/h1-5,7H;3-4H,1-2H3;1-2H3;3H2,1-2H3;1H4;. The highest BCUT2D eigenvalue weighted by atomic mass is 17.1. The van der Waals surface area contributed by atoms with Crippen LogP contribution in [0, 0.1) is 9.93 Å². The number of hydrogen-bond acceptors (Lipinski definition) is 6. The summed E-state index contributed by atoms with van der Waals surface area (Å²) in [5.74, 6) is 0.488. The molecule has 0 saturated heterocycles. The first-order valence-corrected chi connectivity index (χ1v) is 6.49. The number of carbonyl (C=O) groups is 1. The number of para-hydroxylation sites is 1. The van der Waals surface area contributed by atoms with E-state index in [1.54, 1.807) is 38.1 Å². The van der Waals surface area contributed by atoms with Gasteiger partial charge >= 0.3 is 0 Å². The number of benzene rings is 1. The molecule has 0 saturated carbocycles. The number of ketones is 1. The molecule has 1 rings (SSSR count). The molecular weight excluding hydrogens is 288 g/mol. The molecule has 0 radical (unpaired) electrons. The first kappa shape index (κ1) is 32.2. The SMILES string of the molecule is C.CC(C)=O.CC(C)OO.CCC.O=O.Oc1ccccc1. The fraction of sp³-hybridized carbons (Fsp3) is 0.562. The van der Waals surface area contributed by atoms with Crippen LogP contribution in [-0.2, 0) is 9.68 Å². The van der Waals surface area contributed by atoms with Crippen LogP contribution < -0.4 is 0 Å². The van der Waals surface area contributed by atoms with Crippen molar-refractivity contribution in [1.29, 1.82) is 0 Å². The first-order valence-electron chi connectivity index (χ1n) is 6.49. The van der Waals surface area contributed by atoms with Gasteiger partial charge < -0.3 is 9.90 Å². The number of Topliss-reactive ketones (excluding diaryl/α,β-unsaturated/α-hetero) is 1. The Morgan fingerprint density at radius 2 is 1.32 bits per heavy atom. The maximum Gasteiger partial charge on any atom is 0.126 e. The summed E-state index contributed by atoms with van der Waals surface area (Å²) in [6.07, 6.45) is 1.19. The van der Waals surface area contributed by atoms with Crippen LogP contribution in [0.3, 0.4) is 0 Å². The van der Waals surface area contributed by atoms with Gasteiger partial charge in [-0.25, -0.2) is 4.89 Å². The average Bonchev–Trinajstić information content (AvgIpc) is 2.43. The minimum Gasteiger partial charge on any atom is -0.508 e. The highest BCUT2D eigenvalue weighted by Gasteiger charge is 1.81. The zero-order valence-electron chi connectivity index (χ0n) is 13.7. The van der Waals surface area contributed by atoms with Crippen molar-refractivity contribution in [2.75, 3.05) is 0 Å². The van der Waals surface area contributed by atoms with E-state index in [-0.39, 0.29) is 19.3 Å². The van der Waals surface area contributed by atoms with E-state index in [9.17, 15) is 4.79 Å². The molecule has 132 valence electrons. The molecule has 0 aromatic heterocycles. The lowest BCUT2D eigenvalue weighted by atomic mass is 10.3. The number of phenols is 1. The van der Waals surface area contributed by atoms with Crippen LogP contribution in [0.1, 0.15) is 55.4 Å². The van der Waals surface area contributed by atoms with Gasteiger partial charge in [-0.2, -0.15) is 0 Å². The average molecular weight is 320 g/mol. The zero-order valence-corrected chi connectivity index (χ0v) is 13.7. The topological polar surface area (TPSA) is 101 Å². The molecule has 0 atom stereocenters. The van der Waals surface area contributed by atoms with Crippen LogP contribution in [0.25, 0.3) is 0 Å².